The van der Waals surface area contributed by atoms with Crippen molar-refractivity contribution < 1.29 is 4.39 Å². The number of aromatic nitrogens is 2. The maximum Gasteiger partial charge on any atom is 0.161 e. The van der Waals surface area contributed by atoms with Gasteiger partial charge in [-0.1, -0.05) is 13.8 Å². The number of nitrogens with zero attached hydrogens (tertiary/aromatic N) is 2. The van der Waals surface area contributed by atoms with E-state index in [1.165, 1.54) is 6.07 Å². The van der Waals surface area contributed by atoms with E-state index < -0.39 is 0 Å². The van der Waals surface area contributed by atoms with Crippen LogP contribution in [0.3, 0.4) is 0 Å². The van der Waals surface area contributed by atoms with E-state index in [4.69, 9.17) is 5.84 Å². The molecule has 3 N–H and O–H groups in total. The summed E-state index contributed by atoms with van der Waals surface area (Å²) in [6, 6.07) is 6.63. The second-order valence-corrected chi connectivity index (χ2v) is 4.76. The van der Waals surface area contributed by atoms with Gasteiger partial charge in [-0.05, 0) is 36.6 Å². The smallest absolute Gasteiger partial charge is 0.161 e. The van der Waals surface area contributed by atoms with Crippen LogP contribution in [-0.4, -0.2) is 9.97 Å². The molecule has 4 nitrogen and oxygen atoms in total. The fourth-order valence-corrected chi connectivity index (χ4v) is 1.75. The summed E-state index contributed by atoms with van der Waals surface area (Å²) >= 11 is 0. The molecule has 0 aliphatic heterocycles. The number of rotatable bonds is 3. The fourth-order valence-electron chi connectivity index (χ4n) is 1.75. The summed E-state index contributed by atoms with van der Waals surface area (Å²) in [5.41, 5.74) is 4.77. The number of halogens is 1. The van der Waals surface area contributed by atoms with E-state index in [1.807, 2.05) is 19.9 Å². The van der Waals surface area contributed by atoms with Crippen LogP contribution in [0.4, 0.5) is 10.2 Å². The van der Waals surface area contributed by atoms with E-state index in [2.05, 4.69) is 15.4 Å². The standard InChI is InChI=1S/C14H17FN4/c1-8(2)12-7-13(19-16)18-14(17-12)10-4-5-11(15)9(3)6-10/h4-8H,16H2,1-3H3,(H,17,18,19). The second-order valence-electron chi connectivity index (χ2n) is 4.76. The Bertz CT molecular complexity index is 596. The van der Waals surface area contributed by atoms with E-state index in [0.717, 1.165) is 11.3 Å². The van der Waals surface area contributed by atoms with Crippen LogP contribution in [-0.2, 0) is 0 Å². The molecule has 100 valence electrons. The summed E-state index contributed by atoms with van der Waals surface area (Å²) in [7, 11) is 0. The highest BCUT2D eigenvalue weighted by atomic mass is 19.1. The summed E-state index contributed by atoms with van der Waals surface area (Å²) in [4.78, 5) is 8.80. The van der Waals surface area contributed by atoms with Gasteiger partial charge in [-0.3, -0.25) is 0 Å². The van der Waals surface area contributed by atoms with Crippen LogP contribution in [0, 0.1) is 12.7 Å². The molecule has 1 aromatic heterocycles. The quantitative estimate of drug-likeness (QED) is 0.657. The molecule has 0 spiro atoms. The van der Waals surface area contributed by atoms with Crippen LogP contribution in [0.2, 0.25) is 0 Å². The maximum atomic E-state index is 13.3. The second kappa shape index (κ2) is 5.32. The van der Waals surface area contributed by atoms with Gasteiger partial charge in [0.1, 0.15) is 11.6 Å². The van der Waals surface area contributed by atoms with Gasteiger partial charge >= 0.3 is 0 Å². The number of aryl methyl sites for hydroxylation is 1. The largest absolute Gasteiger partial charge is 0.308 e. The van der Waals surface area contributed by atoms with Crippen LogP contribution >= 0.6 is 0 Å². The highest BCUT2D eigenvalue weighted by molar-refractivity contribution is 5.58. The lowest BCUT2D eigenvalue weighted by molar-refractivity contribution is 0.618. The molecule has 0 atom stereocenters. The maximum absolute atomic E-state index is 13.3. The number of hydrogen-bond acceptors (Lipinski definition) is 4. The Morgan fingerprint density at radius 1 is 1.21 bits per heavy atom. The van der Waals surface area contributed by atoms with Crippen LogP contribution in [0.5, 0.6) is 0 Å². The number of hydrogen-bond donors (Lipinski definition) is 2. The molecule has 0 saturated carbocycles. The van der Waals surface area contributed by atoms with Crippen LogP contribution in [0.15, 0.2) is 24.3 Å². The third-order valence-corrected chi connectivity index (χ3v) is 2.90. The molecule has 0 radical (unpaired) electrons. The van der Waals surface area contributed by atoms with Crippen molar-refractivity contribution in [3.05, 3.63) is 41.3 Å². The van der Waals surface area contributed by atoms with Crippen LogP contribution in [0.1, 0.15) is 31.0 Å². The number of hydrazine groups is 1. The fraction of sp³-hybridized carbons (Fsp3) is 0.286. The molecule has 2 aromatic rings. The zero-order valence-electron chi connectivity index (χ0n) is 11.2. The van der Waals surface area contributed by atoms with Crippen molar-refractivity contribution in [1.82, 2.24) is 9.97 Å². The molecule has 0 fully saturated rings. The summed E-state index contributed by atoms with van der Waals surface area (Å²) in [6.07, 6.45) is 0. The van der Waals surface area contributed by atoms with Crippen molar-refractivity contribution >= 4 is 5.82 Å². The lowest BCUT2D eigenvalue weighted by atomic mass is 10.1. The molecule has 0 bridgehead atoms. The Kier molecular flexibility index (Phi) is 3.76. The molecule has 0 aliphatic carbocycles. The lowest BCUT2D eigenvalue weighted by Crippen LogP contribution is -2.11. The highest BCUT2D eigenvalue weighted by Gasteiger charge is 2.10. The molecule has 1 heterocycles. The van der Waals surface area contributed by atoms with Gasteiger partial charge in [0, 0.05) is 17.3 Å². The van der Waals surface area contributed by atoms with E-state index >= 15 is 0 Å². The van der Waals surface area contributed by atoms with Gasteiger partial charge in [-0.15, -0.1) is 0 Å². The summed E-state index contributed by atoms with van der Waals surface area (Å²) in [5.74, 6) is 6.54. The molecule has 19 heavy (non-hydrogen) atoms. The van der Waals surface area contributed by atoms with Gasteiger partial charge in [0.25, 0.3) is 0 Å². The number of nitrogen functional groups attached to an aromatic ring is 1. The Labute approximate surface area is 111 Å². The normalized spacial score (nSPS) is 10.8. The molecular weight excluding hydrogens is 243 g/mol. The summed E-state index contributed by atoms with van der Waals surface area (Å²) in [5, 5.41) is 0. The molecule has 2 rings (SSSR count). The zero-order valence-corrected chi connectivity index (χ0v) is 11.2. The molecule has 0 saturated heterocycles. The van der Waals surface area contributed by atoms with Gasteiger partial charge in [0.05, 0.1) is 0 Å². The van der Waals surface area contributed by atoms with Crippen molar-refractivity contribution in [2.45, 2.75) is 26.7 Å². The van der Waals surface area contributed by atoms with Gasteiger partial charge in [0.15, 0.2) is 5.82 Å². The summed E-state index contributed by atoms with van der Waals surface area (Å²) < 4.78 is 13.3. The topological polar surface area (TPSA) is 63.8 Å². The van der Waals surface area contributed by atoms with Gasteiger partial charge in [0.2, 0.25) is 0 Å². The van der Waals surface area contributed by atoms with E-state index in [0.29, 0.717) is 17.2 Å². The molecular formula is C14H17FN4. The van der Waals surface area contributed by atoms with Gasteiger partial charge in [-0.2, -0.15) is 0 Å². The molecule has 5 heteroatoms. The van der Waals surface area contributed by atoms with Crippen molar-refractivity contribution in [2.75, 3.05) is 5.43 Å². The lowest BCUT2D eigenvalue weighted by Gasteiger charge is -2.10. The minimum Gasteiger partial charge on any atom is -0.308 e. The van der Waals surface area contributed by atoms with Gasteiger partial charge in [-0.25, -0.2) is 20.2 Å². The van der Waals surface area contributed by atoms with E-state index in [9.17, 15) is 4.39 Å². The Balaban J connectivity index is 2.54. The number of nitrogens with two attached hydrogens (primary N) is 1. The first kappa shape index (κ1) is 13.4. The molecule has 0 amide bonds. The zero-order chi connectivity index (χ0) is 14.0. The number of nitrogens with one attached hydrogen (secondary N) is 1. The Hall–Kier alpha value is -2.01. The number of benzene rings is 1. The third kappa shape index (κ3) is 2.88. The first-order valence-electron chi connectivity index (χ1n) is 6.13. The molecule has 1 aromatic carbocycles. The predicted molar refractivity (Wildman–Crippen MR) is 74.1 cm³/mol. The SMILES string of the molecule is Cc1cc(-c2nc(NN)cc(C(C)C)n2)ccc1F. The predicted octanol–water partition coefficient (Wildman–Crippen LogP) is 3.00. The average molecular weight is 260 g/mol. The minimum absolute atomic E-state index is 0.235. The first-order chi connectivity index (χ1) is 9.01. The highest BCUT2D eigenvalue weighted by Crippen LogP contribution is 2.23. The van der Waals surface area contributed by atoms with Crippen LogP contribution < -0.4 is 11.3 Å². The van der Waals surface area contributed by atoms with Crippen LogP contribution in [0.25, 0.3) is 11.4 Å². The molecule has 0 aliphatic rings. The third-order valence-electron chi connectivity index (χ3n) is 2.90. The monoisotopic (exact) mass is 260 g/mol. The van der Waals surface area contributed by atoms with E-state index in [1.54, 1.807) is 19.1 Å². The van der Waals surface area contributed by atoms with Crippen molar-refractivity contribution in [3.63, 3.8) is 0 Å². The first-order valence-corrected chi connectivity index (χ1v) is 6.13. The van der Waals surface area contributed by atoms with Crippen molar-refractivity contribution in [1.29, 1.82) is 0 Å². The van der Waals surface area contributed by atoms with Crippen molar-refractivity contribution in [2.24, 2.45) is 5.84 Å². The Morgan fingerprint density at radius 3 is 2.53 bits per heavy atom. The average Bonchev–Trinajstić information content (AvgIpc) is 2.41. The van der Waals surface area contributed by atoms with E-state index in [-0.39, 0.29) is 11.7 Å². The van der Waals surface area contributed by atoms with Crippen molar-refractivity contribution in [3.8, 4) is 11.4 Å². The molecule has 0 unspecified atom stereocenters. The van der Waals surface area contributed by atoms with Gasteiger partial charge < -0.3 is 5.43 Å². The number of anilines is 1. The Morgan fingerprint density at radius 2 is 1.95 bits per heavy atom. The summed E-state index contributed by atoms with van der Waals surface area (Å²) in [6.45, 7) is 5.80. The minimum atomic E-state index is -0.235.